The van der Waals surface area contributed by atoms with E-state index < -0.39 is 11.4 Å². The largest absolute Gasteiger partial charge is 0.481 e. The highest BCUT2D eigenvalue weighted by Crippen LogP contribution is 2.51. The van der Waals surface area contributed by atoms with Gasteiger partial charge >= 0.3 is 5.97 Å². The Labute approximate surface area is 190 Å². The molecule has 1 aliphatic heterocycles. The molecule has 5 heteroatoms. The second-order valence-corrected chi connectivity index (χ2v) is 9.19. The minimum Gasteiger partial charge on any atom is -0.481 e. The van der Waals surface area contributed by atoms with Gasteiger partial charge in [-0.3, -0.25) is 9.59 Å². The number of piperidine rings is 1. The van der Waals surface area contributed by atoms with Crippen LogP contribution in [0.25, 0.3) is 11.1 Å². The lowest BCUT2D eigenvalue weighted by Gasteiger charge is -2.32. The summed E-state index contributed by atoms with van der Waals surface area (Å²) in [6, 6.07) is 16.6. The highest BCUT2D eigenvalue weighted by atomic mass is 16.4. The van der Waals surface area contributed by atoms with Crippen molar-refractivity contribution < 1.29 is 14.7 Å². The summed E-state index contributed by atoms with van der Waals surface area (Å²) in [7, 11) is 0. The molecule has 2 aliphatic rings. The summed E-state index contributed by atoms with van der Waals surface area (Å²) >= 11 is 0. The van der Waals surface area contributed by atoms with Crippen LogP contribution in [0.1, 0.15) is 56.6 Å². The molecule has 5 nitrogen and oxygen atoms in total. The van der Waals surface area contributed by atoms with Crippen molar-refractivity contribution in [3.63, 3.8) is 0 Å². The molecule has 1 atom stereocenters. The first-order chi connectivity index (χ1) is 15.6. The minimum atomic E-state index is -0.680. The number of nitrogens with one attached hydrogen (secondary N) is 1. The quantitative estimate of drug-likeness (QED) is 0.572. The van der Waals surface area contributed by atoms with Gasteiger partial charge < -0.3 is 15.3 Å². The van der Waals surface area contributed by atoms with Gasteiger partial charge in [0, 0.05) is 13.1 Å². The van der Waals surface area contributed by atoms with Crippen LogP contribution in [0.2, 0.25) is 0 Å². The number of carboxylic acids is 1. The molecule has 0 bridgehead atoms. The van der Waals surface area contributed by atoms with Crippen molar-refractivity contribution in [1.82, 2.24) is 10.2 Å². The van der Waals surface area contributed by atoms with Gasteiger partial charge in [-0.2, -0.15) is 0 Å². The van der Waals surface area contributed by atoms with Crippen molar-refractivity contribution in [2.45, 2.75) is 50.9 Å². The normalized spacial score (nSPS) is 19.2. The van der Waals surface area contributed by atoms with E-state index in [9.17, 15) is 14.7 Å². The van der Waals surface area contributed by atoms with Gasteiger partial charge in [0.1, 0.15) is 5.41 Å². The van der Waals surface area contributed by atoms with E-state index in [0.717, 1.165) is 73.9 Å². The lowest BCUT2D eigenvalue weighted by Crippen LogP contribution is -2.44. The molecule has 0 aromatic heterocycles. The Morgan fingerprint density at radius 1 is 1.06 bits per heavy atom. The lowest BCUT2D eigenvalue weighted by molar-refractivity contribution is -0.143. The predicted octanol–water partition coefficient (Wildman–Crippen LogP) is 4.45. The second kappa shape index (κ2) is 9.86. The molecule has 1 aliphatic carbocycles. The predicted molar refractivity (Wildman–Crippen MR) is 127 cm³/mol. The van der Waals surface area contributed by atoms with Gasteiger partial charge in [0.2, 0.25) is 5.91 Å². The van der Waals surface area contributed by atoms with E-state index in [1.165, 1.54) is 0 Å². The van der Waals surface area contributed by atoms with Crippen LogP contribution in [-0.2, 0) is 15.0 Å². The minimum absolute atomic E-state index is 0.0978. The number of nitrogens with zero attached hydrogens (tertiary/aromatic N) is 1. The molecule has 0 saturated carbocycles. The van der Waals surface area contributed by atoms with E-state index >= 15 is 0 Å². The third-order valence-corrected chi connectivity index (χ3v) is 7.12. The number of likely N-dealkylation sites (tertiary alicyclic amines) is 1. The van der Waals surface area contributed by atoms with E-state index in [0.29, 0.717) is 13.1 Å². The molecular formula is C27H34N2O3. The fourth-order valence-corrected chi connectivity index (χ4v) is 5.53. The Balaban J connectivity index is 1.54. The van der Waals surface area contributed by atoms with Crippen molar-refractivity contribution >= 4 is 11.9 Å². The first kappa shape index (κ1) is 22.5. The fourth-order valence-electron chi connectivity index (χ4n) is 5.53. The van der Waals surface area contributed by atoms with Crippen LogP contribution in [0.15, 0.2) is 48.5 Å². The third kappa shape index (κ3) is 4.18. The van der Waals surface area contributed by atoms with Crippen molar-refractivity contribution in [3.8, 4) is 11.1 Å². The van der Waals surface area contributed by atoms with Crippen LogP contribution in [0, 0.1) is 5.92 Å². The van der Waals surface area contributed by atoms with Crippen LogP contribution in [0.3, 0.4) is 0 Å². The van der Waals surface area contributed by atoms with E-state index in [4.69, 9.17) is 0 Å². The maximum Gasteiger partial charge on any atom is 0.307 e. The molecule has 2 N–H and O–H groups in total. The lowest BCUT2D eigenvalue weighted by atomic mass is 9.73. The summed E-state index contributed by atoms with van der Waals surface area (Å²) in [5, 5.41) is 12.5. The van der Waals surface area contributed by atoms with Gasteiger partial charge in [0.05, 0.1) is 5.92 Å². The average Bonchev–Trinajstić information content (AvgIpc) is 3.11. The maximum absolute atomic E-state index is 13.7. The summed E-state index contributed by atoms with van der Waals surface area (Å²) in [4.78, 5) is 27.3. The standard InChI is InChI=1S/C27H34N2O3/c1-2-16-28-26(32)27(15-7-8-17-29-18-9-10-20(19-29)25(30)31)23-13-5-3-11-21(23)22-12-4-6-14-24(22)27/h3-6,11-14,20H,2,7-10,15-19H2,1H3,(H,28,32)(H,30,31). The number of unbranched alkanes of at least 4 members (excludes halogenated alkanes) is 1. The Morgan fingerprint density at radius 3 is 2.34 bits per heavy atom. The van der Waals surface area contributed by atoms with E-state index in [2.05, 4.69) is 41.4 Å². The molecule has 1 unspecified atom stereocenters. The molecule has 1 saturated heterocycles. The summed E-state index contributed by atoms with van der Waals surface area (Å²) < 4.78 is 0. The number of benzene rings is 2. The summed E-state index contributed by atoms with van der Waals surface area (Å²) in [6.07, 6.45) is 5.26. The number of carboxylic acid groups (broad SMARTS) is 1. The van der Waals surface area contributed by atoms with Crippen molar-refractivity contribution in [2.75, 3.05) is 26.2 Å². The molecule has 2 aromatic rings. The molecular weight excluding hydrogens is 400 g/mol. The van der Waals surface area contributed by atoms with Crippen LogP contribution in [0.5, 0.6) is 0 Å². The smallest absolute Gasteiger partial charge is 0.307 e. The highest BCUT2D eigenvalue weighted by Gasteiger charge is 2.48. The molecule has 1 fully saturated rings. The van der Waals surface area contributed by atoms with Gasteiger partial charge in [-0.1, -0.05) is 61.9 Å². The molecule has 0 spiro atoms. The number of fused-ring (bicyclic) bond motifs is 3. The molecule has 2 aromatic carbocycles. The molecule has 0 radical (unpaired) electrons. The topological polar surface area (TPSA) is 69.6 Å². The number of hydrogen-bond acceptors (Lipinski definition) is 3. The maximum atomic E-state index is 13.7. The third-order valence-electron chi connectivity index (χ3n) is 7.12. The summed E-state index contributed by atoms with van der Waals surface area (Å²) in [6.45, 7) is 5.25. The van der Waals surface area contributed by atoms with Crippen LogP contribution in [-0.4, -0.2) is 48.1 Å². The van der Waals surface area contributed by atoms with Gasteiger partial charge in [-0.15, -0.1) is 0 Å². The van der Waals surface area contributed by atoms with E-state index in [1.54, 1.807) is 0 Å². The summed E-state index contributed by atoms with van der Waals surface area (Å²) in [5.41, 5.74) is 3.89. The number of carbonyl (C=O) groups is 2. The first-order valence-electron chi connectivity index (χ1n) is 12.0. The zero-order valence-corrected chi connectivity index (χ0v) is 19.0. The Kier molecular flexibility index (Phi) is 6.95. The zero-order valence-electron chi connectivity index (χ0n) is 19.0. The second-order valence-electron chi connectivity index (χ2n) is 9.19. The highest BCUT2D eigenvalue weighted by molar-refractivity contribution is 6.00. The molecule has 170 valence electrons. The number of amides is 1. The van der Waals surface area contributed by atoms with Crippen molar-refractivity contribution in [3.05, 3.63) is 59.7 Å². The monoisotopic (exact) mass is 434 g/mol. The van der Waals surface area contributed by atoms with Crippen LogP contribution in [0.4, 0.5) is 0 Å². The molecule has 32 heavy (non-hydrogen) atoms. The van der Waals surface area contributed by atoms with Gasteiger partial charge in [0.25, 0.3) is 0 Å². The van der Waals surface area contributed by atoms with Crippen LogP contribution >= 0.6 is 0 Å². The first-order valence-corrected chi connectivity index (χ1v) is 12.0. The fraction of sp³-hybridized carbons (Fsp3) is 0.481. The zero-order chi connectivity index (χ0) is 22.6. The summed E-state index contributed by atoms with van der Waals surface area (Å²) in [5.74, 6) is -0.829. The average molecular weight is 435 g/mol. The van der Waals surface area contributed by atoms with E-state index in [-0.39, 0.29) is 11.8 Å². The van der Waals surface area contributed by atoms with Gasteiger partial charge in [0.15, 0.2) is 0 Å². The van der Waals surface area contributed by atoms with Crippen molar-refractivity contribution in [2.24, 2.45) is 5.92 Å². The molecule has 1 heterocycles. The van der Waals surface area contributed by atoms with Crippen LogP contribution < -0.4 is 5.32 Å². The number of aliphatic carboxylic acids is 1. The SMILES string of the molecule is CCCNC(=O)C1(CCCCN2CCCC(C(=O)O)C2)c2ccccc2-c2ccccc21. The number of hydrogen-bond donors (Lipinski definition) is 2. The number of rotatable bonds is 9. The number of carbonyl (C=O) groups excluding carboxylic acids is 1. The van der Waals surface area contributed by atoms with E-state index in [1.807, 2.05) is 24.3 Å². The molecule has 4 rings (SSSR count). The Hall–Kier alpha value is -2.66. The Morgan fingerprint density at radius 2 is 1.72 bits per heavy atom. The Bertz CT molecular complexity index is 925. The molecule has 1 amide bonds. The van der Waals surface area contributed by atoms with Crippen molar-refractivity contribution in [1.29, 1.82) is 0 Å². The van der Waals surface area contributed by atoms with Gasteiger partial charge in [-0.25, -0.2) is 0 Å². The van der Waals surface area contributed by atoms with Gasteiger partial charge in [-0.05, 0) is 67.4 Å².